The standard InChI is InChI=1S/C11H12/c1-2-9-6-8-4-5-10(7-8)11(9)3-1/h3-6,8,10H,1-2,7H2. The van der Waals surface area contributed by atoms with Crippen LogP contribution in [-0.4, -0.2) is 0 Å². The van der Waals surface area contributed by atoms with Gasteiger partial charge in [-0.05, 0) is 36.3 Å². The van der Waals surface area contributed by atoms with Crippen molar-refractivity contribution in [1.82, 2.24) is 0 Å². The molecule has 3 aliphatic carbocycles. The Bertz CT molecular complexity index is 278. The van der Waals surface area contributed by atoms with Gasteiger partial charge in [-0.2, -0.15) is 0 Å². The molecular weight excluding hydrogens is 132 g/mol. The first kappa shape index (κ1) is 5.82. The number of allylic oxidation sites excluding steroid dienone is 6. The van der Waals surface area contributed by atoms with Crippen LogP contribution in [0.25, 0.3) is 0 Å². The molecule has 2 bridgehead atoms. The molecule has 0 aliphatic heterocycles. The molecule has 0 saturated carbocycles. The molecule has 0 aromatic carbocycles. The van der Waals surface area contributed by atoms with E-state index in [1.165, 1.54) is 19.3 Å². The van der Waals surface area contributed by atoms with E-state index in [0.717, 1.165) is 11.8 Å². The van der Waals surface area contributed by atoms with Gasteiger partial charge in [-0.1, -0.05) is 24.3 Å². The van der Waals surface area contributed by atoms with Gasteiger partial charge in [-0.3, -0.25) is 0 Å². The van der Waals surface area contributed by atoms with Crippen molar-refractivity contribution in [3.05, 3.63) is 35.5 Å². The van der Waals surface area contributed by atoms with Gasteiger partial charge >= 0.3 is 0 Å². The topological polar surface area (TPSA) is 0 Å². The summed E-state index contributed by atoms with van der Waals surface area (Å²) in [5.41, 5.74) is 3.30. The molecule has 0 N–H and O–H groups in total. The highest BCUT2D eigenvalue weighted by Gasteiger charge is 2.29. The van der Waals surface area contributed by atoms with Crippen LogP contribution in [0.1, 0.15) is 19.3 Å². The lowest BCUT2D eigenvalue weighted by molar-refractivity contribution is 0.627. The third-order valence-electron chi connectivity index (χ3n) is 3.08. The normalized spacial score (nSPS) is 38.5. The SMILES string of the molecule is C1=CC2CC1C=C1CCC=C12. The molecule has 0 aromatic rings. The van der Waals surface area contributed by atoms with Crippen molar-refractivity contribution in [2.24, 2.45) is 11.8 Å². The minimum atomic E-state index is 0.783. The molecule has 0 nitrogen and oxygen atoms in total. The van der Waals surface area contributed by atoms with Gasteiger partial charge in [-0.15, -0.1) is 0 Å². The zero-order chi connectivity index (χ0) is 7.26. The van der Waals surface area contributed by atoms with Crippen molar-refractivity contribution < 1.29 is 0 Å². The monoisotopic (exact) mass is 144 g/mol. The Hall–Kier alpha value is -0.780. The largest absolute Gasteiger partial charge is 0.0810 e. The van der Waals surface area contributed by atoms with Crippen molar-refractivity contribution >= 4 is 0 Å². The Labute approximate surface area is 67.3 Å². The number of hydrogen-bond acceptors (Lipinski definition) is 0. The summed E-state index contributed by atoms with van der Waals surface area (Å²) in [5, 5.41) is 0. The van der Waals surface area contributed by atoms with Crippen LogP contribution in [0.2, 0.25) is 0 Å². The summed E-state index contributed by atoms with van der Waals surface area (Å²) in [7, 11) is 0. The lowest BCUT2D eigenvalue weighted by Crippen LogP contribution is -2.06. The Morgan fingerprint density at radius 2 is 2.27 bits per heavy atom. The Morgan fingerprint density at radius 3 is 3.27 bits per heavy atom. The van der Waals surface area contributed by atoms with Gasteiger partial charge in [0.1, 0.15) is 0 Å². The summed E-state index contributed by atoms with van der Waals surface area (Å²) >= 11 is 0. The zero-order valence-electron chi connectivity index (χ0n) is 6.59. The molecule has 0 saturated heterocycles. The van der Waals surface area contributed by atoms with Crippen LogP contribution in [0.4, 0.5) is 0 Å². The van der Waals surface area contributed by atoms with E-state index in [-0.39, 0.29) is 0 Å². The Kier molecular flexibility index (Phi) is 0.993. The molecule has 3 rings (SSSR count). The van der Waals surface area contributed by atoms with Gasteiger partial charge in [0.2, 0.25) is 0 Å². The summed E-state index contributed by atoms with van der Waals surface area (Å²) in [4.78, 5) is 0. The van der Waals surface area contributed by atoms with E-state index < -0.39 is 0 Å². The minimum absolute atomic E-state index is 0.783. The zero-order valence-corrected chi connectivity index (χ0v) is 6.59. The Morgan fingerprint density at radius 1 is 1.27 bits per heavy atom. The molecule has 2 unspecified atom stereocenters. The van der Waals surface area contributed by atoms with Gasteiger partial charge in [-0.25, -0.2) is 0 Å². The maximum atomic E-state index is 2.47. The van der Waals surface area contributed by atoms with E-state index in [4.69, 9.17) is 0 Å². The molecule has 56 valence electrons. The maximum absolute atomic E-state index is 2.47. The lowest BCUT2D eigenvalue weighted by atomic mass is 9.85. The van der Waals surface area contributed by atoms with Crippen molar-refractivity contribution in [3.8, 4) is 0 Å². The first-order valence-electron chi connectivity index (χ1n) is 4.53. The van der Waals surface area contributed by atoms with E-state index >= 15 is 0 Å². The van der Waals surface area contributed by atoms with Crippen molar-refractivity contribution in [1.29, 1.82) is 0 Å². The molecule has 0 heterocycles. The fourth-order valence-electron chi connectivity index (χ4n) is 2.57. The second kappa shape index (κ2) is 1.88. The minimum Gasteiger partial charge on any atom is -0.0810 e. The van der Waals surface area contributed by atoms with Gasteiger partial charge < -0.3 is 0 Å². The van der Waals surface area contributed by atoms with Gasteiger partial charge in [0, 0.05) is 5.92 Å². The first-order valence-corrected chi connectivity index (χ1v) is 4.53. The highest BCUT2D eigenvalue weighted by atomic mass is 14.3. The first-order chi connectivity index (χ1) is 5.43. The third-order valence-corrected chi connectivity index (χ3v) is 3.08. The quantitative estimate of drug-likeness (QED) is 0.458. The molecule has 0 amide bonds. The number of hydrogen-bond donors (Lipinski definition) is 0. The highest BCUT2D eigenvalue weighted by molar-refractivity contribution is 5.45. The van der Waals surface area contributed by atoms with Crippen molar-refractivity contribution in [2.75, 3.05) is 0 Å². The van der Waals surface area contributed by atoms with Crippen LogP contribution in [0.3, 0.4) is 0 Å². The predicted octanol–water partition coefficient (Wildman–Crippen LogP) is 2.84. The van der Waals surface area contributed by atoms with Crippen LogP contribution < -0.4 is 0 Å². The second-order valence-corrected chi connectivity index (χ2v) is 3.78. The molecule has 0 fully saturated rings. The van der Waals surface area contributed by atoms with E-state index in [1.54, 1.807) is 11.1 Å². The van der Waals surface area contributed by atoms with Crippen LogP contribution in [0.5, 0.6) is 0 Å². The fourth-order valence-corrected chi connectivity index (χ4v) is 2.57. The summed E-state index contributed by atoms with van der Waals surface area (Å²) < 4.78 is 0. The molecule has 11 heavy (non-hydrogen) atoms. The van der Waals surface area contributed by atoms with Gasteiger partial charge in [0.05, 0.1) is 0 Å². The average molecular weight is 144 g/mol. The van der Waals surface area contributed by atoms with Crippen LogP contribution in [0, 0.1) is 11.8 Å². The second-order valence-electron chi connectivity index (χ2n) is 3.78. The summed E-state index contributed by atoms with van der Waals surface area (Å²) in [6, 6.07) is 0. The average Bonchev–Trinajstić information content (AvgIpc) is 2.58. The summed E-state index contributed by atoms with van der Waals surface area (Å²) in [6.07, 6.45) is 13.6. The van der Waals surface area contributed by atoms with E-state index in [2.05, 4.69) is 24.3 Å². The molecule has 0 spiro atoms. The fraction of sp³-hybridized carbons (Fsp3) is 0.455. The number of fused-ring (bicyclic) bond motifs is 4. The van der Waals surface area contributed by atoms with Gasteiger partial charge in [0.25, 0.3) is 0 Å². The van der Waals surface area contributed by atoms with E-state index in [1.807, 2.05) is 0 Å². The summed E-state index contributed by atoms with van der Waals surface area (Å²) in [6.45, 7) is 0. The smallest absolute Gasteiger partial charge is 0.00262 e. The van der Waals surface area contributed by atoms with E-state index in [9.17, 15) is 0 Å². The summed E-state index contributed by atoms with van der Waals surface area (Å²) in [5.74, 6) is 1.58. The molecular formula is C11H12. The molecule has 0 radical (unpaired) electrons. The maximum Gasteiger partial charge on any atom is 0.00262 e. The Balaban J connectivity index is 2.14. The lowest BCUT2D eigenvalue weighted by Gasteiger charge is -2.19. The van der Waals surface area contributed by atoms with Crippen molar-refractivity contribution in [2.45, 2.75) is 19.3 Å². The molecule has 0 heteroatoms. The van der Waals surface area contributed by atoms with E-state index in [0.29, 0.717) is 0 Å². The number of rotatable bonds is 0. The highest BCUT2D eigenvalue weighted by Crippen LogP contribution is 2.44. The van der Waals surface area contributed by atoms with Crippen molar-refractivity contribution in [3.63, 3.8) is 0 Å². The predicted molar refractivity (Wildman–Crippen MR) is 46.1 cm³/mol. The van der Waals surface area contributed by atoms with Crippen LogP contribution in [0.15, 0.2) is 35.5 Å². The van der Waals surface area contributed by atoms with Crippen LogP contribution >= 0.6 is 0 Å². The molecule has 0 aromatic heterocycles. The third kappa shape index (κ3) is 0.699. The van der Waals surface area contributed by atoms with Crippen LogP contribution in [-0.2, 0) is 0 Å². The molecule has 2 atom stereocenters. The molecule has 3 aliphatic rings. The van der Waals surface area contributed by atoms with Gasteiger partial charge in [0.15, 0.2) is 0 Å².